The molecule has 1 saturated carbocycles. The van der Waals surface area contributed by atoms with Gasteiger partial charge in [-0.25, -0.2) is 0 Å². The Morgan fingerprint density at radius 2 is 2.38 bits per heavy atom. The van der Waals surface area contributed by atoms with Crippen LogP contribution in [0.1, 0.15) is 26.2 Å². The number of nitrogens with one attached hydrogen (secondary N) is 1. The van der Waals surface area contributed by atoms with E-state index < -0.39 is 0 Å². The van der Waals surface area contributed by atoms with E-state index in [1.165, 1.54) is 19.3 Å². The van der Waals surface area contributed by atoms with Crippen molar-refractivity contribution in [1.82, 2.24) is 5.32 Å². The first-order chi connectivity index (χ1) is 6.26. The Hall–Kier alpha value is -0.380. The topological polar surface area (TPSA) is 50.4 Å². The zero-order valence-corrected chi connectivity index (χ0v) is 9.23. The van der Waals surface area contributed by atoms with Crippen LogP contribution in [0.5, 0.6) is 0 Å². The molecule has 13 heavy (non-hydrogen) atoms. The van der Waals surface area contributed by atoms with Gasteiger partial charge in [0.05, 0.1) is 0 Å². The molecule has 0 saturated heterocycles. The Bertz CT molecular complexity index is 182. The van der Waals surface area contributed by atoms with Crippen LogP contribution in [0, 0.1) is 0 Å². The zero-order valence-electron chi connectivity index (χ0n) is 8.42. The highest BCUT2D eigenvalue weighted by Gasteiger charge is 2.23. The summed E-state index contributed by atoms with van der Waals surface area (Å²) in [5.41, 5.74) is 5.68. The zero-order chi connectivity index (χ0) is 9.68. The fourth-order valence-corrected chi connectivity index (χ4v) is 2.51. The van der Waals surface area contributed by atoms with Crippen molar-refractivity contribution in [2.45, 2.75) is 37.5 Å². The summed E-state index contributed by atoms with van der Waals surface area (Å²) < 4.78 is 0. The number of guanidine groups is 1. The van der Waals surface area contributed by atoms with E-state index >= 15 is 0 Å². The van der Waals surface area contributed by atoms with Crippen molar-refractivity contribution >= 4 is 17.7 Å². The molecule has 1 aliphatic rings. The van der Waals surface area contributed by atoms with Gasteiger partial charge in [0.25, 0.3) is 0 Å². The molecule has 1 rings (SSSR count). The molecule has 1 fully saturated rings. The van der Waals surface area contributed by atoms with Gasteiger partial charge >= 0.3 is 0 Å². The Morgan fingerprint density at radius 3 is 2.92 bits per heavy atom. The van der Waals surface area contributed by atoms with E-state index in [9.17, 15) is 0 Å². The van der Waals surface area contributed by atoms with Crippen LogP contribution in [0.15, 0.2) is 4.99 Å². The van der Waals surface area contributed by atoms with Crippen LogP contribution in [0.3, 0.4) is 0 Å². The summed E-state index contributed by atoms with van der Waals surface area (Å²) in [6, 6.07) is 0.549. The molecule has 0 heterocycles. The first kappa shape index (κ1) is 10.7. The fourth-order valence-electron chi connectivity index (χ4n) is 1.71. The monoisotopic (exact) mass is 201 g/mol. The van der Waals surface area contributed by atoms with Gasteiger partial charge in [-0.1, -0.05) is 0 Å². The van der Waals surface area contributed by atoms with Crippen molar-refractivity contribution in [3.8, 4) is 0 Å². The predicted molar refractivity (Wildman–Crippen MR) is 60.2 cm³/mol. The molecule has 2 atom stereocenters. The van der Waals surface area contributed by atoms with Crippen LogP contribution in [-0.4, -0.2) is 30.1 Å². The molecule has 0 aromatic rings. The number of nitrogens with zero attached hydrogens (tertiary/aromatic N) is 1. The first-order valence-electron chi connectivity index (χ1n) is 4.85. The average Bonchev–Trinajstić information content (AvgIpc) is 2.52. The lowest BCUT2D eigenvalue weighted by Gasteiger charge is -2.12. The molecule has 0 bridgehead atoms. The van der Waals surface area contributed by atoms with Gasteiger partial charge in [0, 0.05) is 17.8 Å². The van der Waals surface area contributed by atoms with Gasteiger partial charge in [-0.2, -0.15) is 11.8 Å². The molecule has 0 aliphatic heterocycles. The molecule has 3 nitrogen and oxygen atoms in total. The minimum Gasteiger partial charge on any atom is -0.370 e. The van der Waals surface area contributed by atoms with Crippen molar-refractivity contribution in [2.24, 2.45) is 10.7 Å². The predicted octanol–water partition coefficient (Wildman–Crippen LogP) is 1.19. The maximum Gasteiger partial charge on any atom is 0.188 e. The van der Waals surface area contributed by atoms with Crippen molar-refractivity contribution in [1.29, 1.82) is 0 Å². The van der Waals surface area contributed by atoms with Gasteiger partial charge in [0.2, 0.25) is 0 Å². The second-order valence-corrected chi connectivity index (χ2v) is 4.51. The quantitative estimate of drug-likeness (QED) is 0.533. The third kappa shape index (κ3) is 3.46. The van der Waals surface area contributed by atoms with E-state index in [-0.39, 0.29) is 0 Å². The van der Waals surface area contributed by atoms with Gasteiger partial charge in [0.15, 0.2) is 5.96 Å². The number of hydrogen-bond donors (Lipinski definition) is 2. The normalized spacial score (nSPS) is 29.2. The van der Waals surface area contributed by atoms with E-state index in [1.807, 2.05) is 18.7 Å². The third-order valence-corrected chi connectivity index (χ3v) is 3.49. The van der Waals surface area contributed by atoms with Crippen LogP contribution in [-0.2, 0) is 0 Å². The largest absolute Gasteiger partial charge is 0.370 e. The fraction of sp³-hybridized carbons (Fsp3) is 0.889. The molecule has 0 spiro atoms. The van der Waals surface area contributed by atoms with Gasteiger partial charge in [0.1, 0.15) is 0 Å². The summed E-state index contributed by atoms with van der Waals surface area (Å²) in [7, 11) is 0. The second-order valence-electron chi connectivity index (χ2n) is 3.37. The Morgan fingerprint density at radius 1 is 1.62 bits per heavy atom. The molecule has 0 aromatic heterocycles. The van der Waals surface area contributed by atoms with Gasteiger partial charge in [-0.3, -0.25) is 4.99 Å². The third-order valence-electron chi connectivity index (χ3n) is 2.40. The highest BCUT2D eigenvalue weighted by molar-refractivity contribution is 7.99. The minimum absolute atomic E-state index is 0.549. The van der Waals surface area contributed by atoms with Crippen molar-refractivity contribution in [3.05, 3.63) is 0 Å². The van der Waals surface area contributed by atoms with Crippen molar-refractivity contribution in [2.75, 3.05) is 12.8 Å². The molecule has 0 aromatic carbocycles. The van der Waals surface area contributed by atoms with E-state index in [0.29, 0.717) is 12.0 Å². The maximum atomic E-state index is 5.68. The van der Waals surface area contributed by atoms with E-state index in [1.54, 1.807) is 0 Å². The molecule has 4 heteroatoms. The lowest BCUT2D eigenvalue weighted by Crippen LogP contribution is -2.38. The SMILES string of the molecule is CCN=C(N)N[C@H]1CC[C@@H](SC)C1. The average molecular weight is 201 g/mol. The highest BCUT2D eigenvalue weighted by Crippen LogP contribution is 2.27. The van der Waals surface area contributed by atoms with Crippen LogP contribution in [0.2, 0.25) is 0 Å². The Kier molecular flexibility index (Phi) is 4.42. The Labute approximate surface area is 84.6 Å². The Balaban J connectivity index is 2.27. The lowest BCUT2D eigenvalue weighted by atomic mass is 10.2. The molecular weight excluding hydrogens is 182 g/mol. The smallest absolute Gasteiger partial charge is 0.188 e. The maximum absolute atomic E-state index is 5.68. The molecule has 0 amide bonds. The number of thioether (sulfide) groups is 1. The highest BCUT2D eigenvalue weighted by atomic mass is 32.2. The number of aliphatic imine (C=N–C) groups is 1. The summed E-state index contributed by atoms with van der Waals surface area (Å²) in [6.07, 6.45) is 5.93. The summed E-state index contributed by atoms with van der Waals surface area (Å²) in [4.78, 5) is 4.12. The summed E-state index contributed by atoms with van der Waals surface area (Å²) in [6.45, 7) is 2.76. The molecule has 0 radical (unpaired) electrons. The molecule has 0 unspecified atom stereocenters. The standard InChI is InChI=1S/C9H19N3S/c1-3-11-9(10)12-7-4-5-8(6-7)13-2/h7-8H,3-6H2,1-2H3,(H3,10,11,12)/t7-,8+/m0/s1. The number of hydrogen-bond acceptors (Lipinski definition) is 2. The van der Waals surface area contributed by atoms with E-state index in [4.69, 9.17) is 5.73 Å². The summed E-state index contributed by atoms with van der Waals surface area (Å²) in [5, 5.41) is 4.07. The lowest BCUT2D eigenvalue weighted by molar-refractivity contribution is 0.627. The van der Waals surface area contributed by atoms with Gasteiger partial charge in [-0.15, -0.1) is 0 Å². The van der Waals surface area contributed by atoms with Gasteiger partial charge < -0.3 is 11.1 Å². The van der Waals surface area contributed by atoms with Crippen LogP contribution >= 0.6 is 11.8 Å². The molecule has 1 aliphatic carbocycles. The van der Waals surface area contributed by atoms with Crippen molar-refractivity contribution in [3.63, 3.8) is 0 Å². The van der Waals surface area contributed by atoms with Gasteiger partial charge in [-0.05, 0) is 32.4 Å². The van der Waals surface area contributed by atoms with Crippen molar-refractivity contribution < 1.29 is 0 Å². The number of nitrogens with two attached hydrogens (primary N) is 1. The number of rotatable bonds is 3. The van der Waals surface area contributed by atoms with Crippen LogP contribution in [0.4, 0.5) is 0 Å². The van der Waals surface area contributed by atoms with Crippen LogP contribution in [0.25, 0.3) is 0 Å². The molecular formula is C9H19N3S. The minimum atomic E-state index is 0.549. The molecule has 3 N–H and O–H groups in total. The molecule has 76 valence electrons. The summed E-state index contributed by atoms with van der Waals surface area (Å²) in [5.74, 6) is 0.606. The summed E-state index contributed by atoms with van der Waals surface area (Å²) >= 11 is 1.96. The second kappa shape index (κ2) is 5.37. The first-order valence-corrected chi connectivity index (χ1v) is 6.14. The van der Waals surface area contributed by atoms with E-state index in [0.717, 1.165) is 11.8 Å². The van der Waals surface area contributed by atoms with Crippen LogP contribution < -0.4 is 11.1 Å². The van der Waals surface area contributed by atoms with E-state index in [2.05, 4.69) is 16.6 Å².